The maximum Gasteiger partial charge on any atom is 0.501 e. The highest BCUT2D eigenvalue weighted by Crippen LogP contribution is 2.33. The zero-order chi connectivity index (χ0) is 24.2. The summed E-state index contributed by atoms with van der Waals surface area (Å²) in [7, 11) is -4.22. The maximum atomic E-state index is 6.65. The van der Waals surface area contributed by atoms with Crippen molar-refractivity contribution in [1.82, 2.24) is 0 Å². The van der Waals surface area contributed by atoms with Crippen LogP contribution in [0, 0.1) is 0 Å². The van der Waals surface area contributed by atoms with Crippen LogP contribution in [0.5, 0.6) is 0 Å². The molecule has 0 bridgehead atoms. The highest BCUT2D eigenvalue weighted by molar-refractivity contribution is 6.65. The molecule has 0 radical (unpaired) electrons. The molecule has 0 aromatic rings. The van der Waals surface area contributed by atoms with E-state index in [0.29, 0.717) is 0 Å². The second-order valence-electron chi connectivity index (χ2n) is 11.6. The highest BCUT2D eigenvalue weighted by atomic mass is 28.4. The minimum Gasteiger partial charge on any atom is -0.385 e. The molecule has 0 amide bonds. The first-order chi connectivity index (χ1) is 14.1. The van der Waals surface area contributed by atoms with Gasteiger partial charge in [-0.3, -0.25) is 0 Å². The van der Waals surface area contributed by atoms with Gasteiger partial charge in [-0.05, 0) is 75.2 Å². The molecule has 5 nitrogen and oxygen atoms in total. The molecule has 0 saturated carbocycles. The number of hydrogen-bond donors (Lipinski definition) is 0. The molecule has 0 aliphatic rings. The van der Waals surface area contributed by atoms with Gasteiger partial charge in [0.2, 0.25) is 0 Å². The predicted octanol–water partition coefficient (Wildman–Crippen LogP) is 6.31. The Balaban J connectivity index is 5.47. The molecule has 0 aliphatic carbocycles. The smallest absolute Gasteiger partial charge is 0.385 e. The van der Waals surface area contributed by atoms with Crippen LogP contribution in [-0.2, 0) is 22.8 Å². The van der Waals surface area contributed by atoms with Crippen molar-refractivity contribution in [3.8, 4) is 0 Å². The van der Waals surface area contributed by atoms with Gasteiger partial charge in [-0.1, -0.05) is 32.7 Å². The summed E-state index contributed by atoms with van der Waals surface area (Å²) in [6.45, 7) is 24.9. The fourth-order valence-corrected chi connectivity index (χ4v) is 10.9. The first kappa shape index (κ1) is 31.2. The first-order valence-corrected chi connectivity index (χ1v) is 16.8. The van der Waals surface area contributed by atoms with Crippen molar-refractivity contribution >= 4 is 17.6 Å². The molecule has 0 fully saturated rings. The number of ether oxygens (including phenoxy) is 2. The fraction of sp³-hybridized carbons (Fsp3) is 1.00. The Bertz CT molecular complexity index is 400. The van der Waals surface area contributed by atoms with E-state index in [4.69, 9.17) is 22.8 Å². The SMILES string of the molecule is CCCCOC[SiH](CC[Si](OC(C)(C)C)(OC(C)(C)C)OC(C)(C)C)COCCCC. The third-order valence-electron chi connectivity index (χ3n) is 4.24. The summed E-state index contributed by atoms with van der Waals surface area (Å²) < 4.78 is 32.0. The van der Waals surface area contributed by atoms with Crippen LogP contribution < -0.4 is 0 Å². The van der Waals surface area contributed by atoms with E-state index in [1.807, 2.05) is 0 Å². The van der Waals surface area contributed by atoms with Gasteiger partial charge in [0.25, 0.3) is 0 Å². The maximum absolute atomic E-state index is 6.65. The molecule has 0 aromatic carbocycles. The minimum absolute atomic E-state index is 0.338. The lowest BCUT2D eigenvalue weighted by molar-refractivity contribution is -0.0745. The van der Waals surface area contributed by atoms with E-state index in [1.165, 1.54) is 0 Å². The predicted molar refractivity (Wildman–Crippen MR) is 136 cm³/mol. The Morgan fingerprint density at radius 1 is 0.613 bits per heavy atom. The lowest BCUT2D eigenvalue weighted by atomic mass is 10.2. The summed E-state index contributed by atoms with van der Waals surface area (Å²) in [6.07, 6.45) is 6.24. The molecule has 31 heavy (non-hydrogen) atoms. The molecule has 0 aromatic heterocycles. The Morgan fingerprint density at radius 2 is 0.968 bits per heavy atom. The molecule has 0 heterocycles. The van der Waals surface area contributed by atoms with Crippen LogP contribution >= 0.6 is 0 Å². The van der Waals surface area contributed by atoms with Crippen LogP contribution in [0.15, 0.2) is 0 Å². The molecule has 0 N–H and O–H groups in total. The van der Waals surface area contributed by atoms with E-state index in [9.17, 15) is 0 Å². The summed E-state index contributed by atoms with van der Waals surface area (Å²) in [5.41, 5.74) is -1.01. The van der Waals surface area contributed by atoms with Crippen molar-refractivity contribution in [1.29, 1.82) is 0 Å². The molecule has 188 valence electrons. The Kier molecular flexibility index (Phi) is 14.6. The summed E-state index contributed by atoms with van der Waals surface area (Å²) >= 11 is 0. The topological polar surface area (TPSA) is 46.2 Å². The average Bonchev–Trinajstić information content (AvgIpc) is 2.54. The molecule has 0 spiro atoms. The molecular weight excluding hydrogens is 424 g/mol. The minimum atomic E-state index is -2.95. The van der Waals surface area contributed by atoms with Crippen molar-refractivity contribution in [3.05, 3.63) is 0 Å². The lowest BCUT2D eigenvalue weighted by Gasteiger charge is -2.43. The standard InChI is InChI=1S/C24H54O5Si2/c1-12-14-16-25-20-30(21-26-17-15-13-2)18-19-31(27-22(3,4)5,28-23(6,7)8)29-24(9,10)11/h30H,12-21H2,1-11H3. The molecule has 0 unspecified atom stereocenters. The van der Waals surface area contributed by atoms with Crippen molar-refractivity contribution in [2.75, 3.05) is 25.7 Å². The van der Waals surface area contributed by atoms with Crippen LogP contribution in [0.1, 0.15) is 102 Å². The molecule has 0 rings (SSSR count). The first-order valence-electron chi connectivity index (χ1n) is 12.4. The third-order valence-corrected chi connectivity index (χ3v) is 11.0. The molecule has 0 aliphatic heterocycles. The lowest BCUT2D eigenvalue weighted by Crippen LogP contribution is -2.57. The summed E-state index contributed by atoms with van der Waals surface area (Å²) in [5.74, 6) is 0. The van der Waals surface area contributed by atoms with Crippen molar-refractivity contribution in [2.24, 2.45) is 0 Å². The highest BCUT2D eigenvalue weighted by Gasteiger charge is 2.50. The van der Waals surface area contributed by atoms with Crippen LogP contribution in [0.3, 0.4) is 0 Å². The second-order valence-corrected chi connectivity index (χ2v) is 17.0. The van der Waals surface area contributed by atoms with Gasteiger partial charge in [0.15, 0.2) is 0 Å². The monoisotopic (exact) mass is 478 g/mol. The number of rotatable bonds is 16. The van der Waals surface area contributed by atoms with E-state index >= 15 is 0 Å². The Hall–Kier alpha value is 0.234. The van der Waals surface area contributed by atoms with Crippen LogP contribution in [0.2, 0.25) is 12.1 Å². The summed E-state index contributed by atoms with van der Waals surface area (Å²) in [5, 5.41) is 0. The van der Waals surface area contributed by atoms with Crippen LogP contribution in [0.25, 0.3) is 0 Å². The zero-order valence-electron chi connectivity index (χ0n) is 22.7. The molecular formula is C24H54O5Si2. The zero-order valence-corrected chi connectivity index (χ0v) is 24.8. The van der Waals surface area contributed by atoms with Gasteiger partial charge < -0.3 is 22.8 Å². The Morgan fingerprint density at radius 3 is 1.26 bits per heavy atom. The van der Waals surface area contributed by atoms with Gasteiger partial charge in [-0.25, -0.2) is 0 Å². The third kappa shape index (κ3) is 18.4. The van der Waals surface area contributed by atoms with Crippen molar-refractivity contribution < 1.29 is 22.8 Å². The van der Waals surface area contributed by atoms with Crippen LogP contribution in [0.4, 0.5) is 0 Å². The van der Waals surface area contributed by atoms with Gasteiger partial charge in [0.05, 0.1) is 25.6 Å². The van der Waals surface area contributed by atoms with Gasteiger partial charge in [0.1, 0.15) is 0 Å². The van der Waals surface area contributed by atoms with E-state index in [1.54, 1.807) is 0 Å². The van der Waals surface area contributed by atoms with E-state index in [0.717, 1.165) is 63.4 Å². The molecule has 0 saturated heterocycles. The Labute approximate surface area is 196 Å². The normalized spacial score (nSPS) is 13.9. The van der Waals surface area contributed by atoms with Gasteiger partial charge in [-0.2, -0.15) is 0 Å². The van der Waals surface area contributed by atoms with E-state index < -0.39 is 17.6 Å². The quantitative estimate of drug-likeness (QED) is 0.192. The largest absolute Gasteiger partial charge is 0.501 e. The van der Waals surface area contributed by atoms with E-state index in [-0.39, 0.29) is 16.8 Å². The summed E-state index contributed by atoms with van der Waals surface area (Å²) in [6, 6.07) is 1.84. The van der Waals surface area contributed by atoms with Crippen molar-refractivity contribution in [2.45, 2.75) is 131 Å². The van der Waals surface area contributed by atoms with Crippen LogP contribution in [-0.4, -0.2) is 60.1 Å². The molecule has 7 heteroatoms. The number of hydrogen-bond acceptors (Lipinski definition) is 5. The van der Waals surface area contributed by atoms with Gasteiger partial charge >= 0.3 is 8.80 Å². The summed E-state index contributed by atoms with van der Waals surface area (Å²) in [4.78, 5) is 0. The van der Waals surface area contributed by atoms with E-state index in [2.05, 4.69) is 76.2 Å². The fourth-order valence-electron chi connectivity index (χ4n) is 3.20. The van der Waals surface area contributed by atoms with Gasteiger partial charge in [-0.15, -0.1) is 0 Å². The van der Waals surface area contributed by atoms with Gasteiger partial charge in [0, 0.05) is 31.7 Å². The molecule has 0 atom stereocenters. The van der Waals surface area contributed by atoms with Crippen molar-refractivity contribution in [3.63, 3.8) is 0 Å². The number of unbranched alkanes of at least 4 members (excludes halogenated alkanes) is 2. The second kappa shape index (κ2) is 14.5. The average molecular weight is 479 g/mol.